The number of rotatable bonds is 0. The third-order valence-corrected chi connectivity index (χ3v) is 7.82. The van der Waals surface area contributed by atoms with Crippen molar-refractivity contribution in [1.29, 1.82) is 0 Å². The number of carbonyl (C=O) groups excluding carboxylic acids is 2. The molecular weight excluding hydrogens is 240 g/mol. The van der Waals surface area contributed by atoms with E-state index >= 15 is 0 Å². The Morgan fingerprint density at radius 1 is 1.21 bits per heavy atom. The number of fused-ring (bicyclic) bond motifs is 1. The molecule has 5 fully saturated rings. The second-order valence-corrected chi connectivity index (χ2v) is 7.64. The van der Waals surface area contributed by atoms with E-state index in [-0.39, 0.29) is 33.7 Å². The second-order valence-electron chi connectivity index (χ2n) is 7.64. The molecule has 3 amide bonds. The molecule has 4 saturated carbocycles. The summed E-state index contributed by atoms with van der Waals surface area (Å²) in [6.45, 7) is 8.76. The first-order valence-corrected chi connectivity index (χ1v) is 6.99. The van der Waals surface area contributed by atoms with Crippen molar-refractivity contribution >= 4 is 11.9 Å². The van der Waals surface area contributed by atoms with E-state index in [1.807, 2.05) is 11.9 Å². The van der Waals surface area contributed by atoms with E-state index in [0.29, 0.717) is 11.8 Å². The highest BCUT2D eigenvalue weighted by Gasteiger charge is 3.14. The van der Waals surface area contributed by atoms with Crippen molar-refractivity contribution in [3.63, 3.8) is 0 Å². The minimum atomic E-state index is -0.294. The largest absolute Gasteiger partial charge is 0.326 e. The summed E-state index contributed by atoms with van der Waals surface area (Å²) in [5, 5.41) is 0. The molecular formula is C15H18N2O2. The normalized spacial score (nSPS) is 63.5. The van der Waals surface area contributed by atoms with E-state index in [2.05, 4.69) is 20.4 Å². The summed E-state index contributed by atoms with van der Waals surface area (Å²) >= 11 is 0. The first-order valence-electron chi connectivity index (χ1n) is 6.99. The standard InChI is InChI=1S/C15H18N2O2/c1-7-6-14-12(2)8(7)13(3)9(12)15(13,14)10(18)16(4)11(19)17(14)5/h8-9H,1,6H2,2-5H3. The van der Waals surface area contributed by atoms with Crippen LogP contribution in [0.25, 0.3) is 0 Å². The molecule has 19 heavy (non-hydrogen) atoms. The molecule has 2 spiro atoms. The molecule has 4 aliphatic carbocycles. The van der Waals surface area contributed by atoms with E-state index in [9.17, 15) is 9.59 Å². The third kappa shape index (κ3) is 0.478. The molecule has 0 bridgehead atoms. The molecule has 0 aromatic heterocycles. The highest BCUT2D eigenvalue weighted by Crippen LogP contribution is 3.09. The lowest BCUT2D eigenvalue weighted by atomic mass is 9.46. The fraction of sp³-hybridized carbons (Fsp3) is 0.733. The van der Waals surface area contributed by atoms with Crippen LogP contribution in [0.4, 0.5) is 4.79 Å². The van der Waals surface area contributed by atoms with Crippen LogP contribution in [0.3, 0.4) is 0 Å². The fourth-order valence-electron chi connectivity index (χ4n) is 7.93. The predicted octanol–water partition coefficient (Wildman–Crippen LogP) is 1.48. The Kier molecular flexibility index (Phi) is 1.13. The number of carbonyl (C=O) groups is 2. The van der Waals surface area contributed by atoms with Gasteiger partial charge in [-0.3, -0.25) is 9.69 Å². The summed E-state index contributed by atoms with van der Waals surface area (Å²) < 4.78 is 0. The van der Waals surface area contributed by atoms with Gasteiger partial charge in [-0.1, -0.05) is 26.0 Å². The number of urea groups is 1. The van der Waals surface area contributed by atoms with Gasteiger partial charge in [-0.15, -0.1) is 0 Å². The van der Waals surface area contributed by atoms with Crippen LogP contribution in [-0.2, 0) is 4.79 Å². The summed E-state index contributed by atoms with van der Waals surface area (Å²) in [6, 6.07) is -0.148. The van der Waals surface area contributed by atoms with Crippen molar-refractivity contribution < 1.29 is 9.59 Å². The van der Waals surface area contributed by atoms with Crippen molar-refractivity contribution in [1.82, 2.24) is 9.80 Å². The Morgan fingerprint density at radius 2 is 1.84 bits per heavy atom. The minimum absolute atomic E-state index is 0.0653. The maximum atomic E-state index is 12.8. The van der Waals surface area contributed by atoms with Gasteiger partial charge < -0.3 is 4.90 Å². The quantitative estimate of drug-likeness (QED) is 0.618. The minimum Gasteiger partial charge on any atom is -0.320 e. The van der Waals surface area contributed by atoms with Crippen molar-refractivity contribution in [2.75, 3.05) is 14.1 Å². The maximum Gasteiger partial charge on any atom is 0.326 e. The zero-order valence-electron chi connectivity index (χ0n) is 11.8. The lowest BCUT2D eigenvalue weighted by molar-refractivity contribution is -0.182. The SMILES string of the molecule is C=C1CC23N(C)C(=O)N(C)C(=O)C24C2C4(C)C1C23C. The zero-order valence-corrected chi connectivity index (χ0v) is 11.8. The van der Waals surface area contributed by atoms with Gasteiger partial charge in [0.15, 0.2) is 0 Å². The summed E-state index contributed by atoms with van der Waals surface area (Å²) in [7, 11) is 3.50. The molecule has 0 radical (unpaired) electrons. The summed E-state index contributed by atoms with van der Waals surface area (Å²) in [5.74, 6) is 0.952. The average Bonchev–Trinajstić information content (AvgIpc) is 2.73. The fourth-order valence-corrected chi connectivity index (χ4v) is 7.93. The van der Waals surface area contributed by atoms with Gasteiger partial charge in [0.2, 0.25) is 5.91 Å². The van der Waals surface area contributed by atoms with E-state index in [0.717, 1.165) is 6.42 Å². The van der Waals surface area contributed by atoms with Crippen LogP contribution >= 0.6 is 0 Å². The monoisotopic (exact) mass is 258 g/mol. The summed E-state index contributed by atoms with van der Waals surface area (Å²) in [4.78, 5) is 28.4. The smallest absolute Gasteiger partial charge is 0.320 e. The molecule has 0 N–H and O–H groups in total. The van der Waals surface area contributed by atoms with Gasteiger partial charge in [0.1, 0.15) is 0 Å². The van der Waals surface area contributed by atoms with Crippen molar-refractivity contribution in [3.8, 4) is 0 Å². The van der Waals surface area contributed by atoms with Gasteiger partial charge in [-0.25, -0.2) is 4.79 Å². The molecule has 4 nitrogen and oxygen atoms in total. The Balaban J connectivity index is 1.84. The topological polar surface area (TPSA) is 40.6 Å². The van der Waals surface area contributed by atoms with Crippen LogP contribution in [0, 0.1) is 28.1 Å². The van der Waals surface area contributed by atoms with Crippen LogP contribution in [0.15, 0.2) is 12.2 Å². The molecule has 5 aliphatic rings. The molecule has 1 heterocycles. The Hall–Kier alpha value is -1.32. The van der Waals surface area contributed by atoms with Gasteiger partial charge in [0.05, 0.1) is 11.0 Å². The lowest BCUT2D eigenvalue weighted by Crippen LogP contribution is -2.78. The Morgan fingerprint density at radius 3 is 2.47 bits per heavy atom. The molecule has 1 saturated heterocycles. The maximum absolute atomic E-state index is 12.8. The van der Waals surface area contributed by atoms with E-state index < -0.39 is 0 Å². The number of amides is 3. The third-order valence-electron chi connectivity index (χ3n) is 7.82. The van der Waals surface area contributed by atoms with Crippen molar-refractivity contribution in [2.45, 2.75) is 25.8 Å². The van der Waals surface area contributed by atoms with Crippen molar-refractivity contribution in [2.24, 2.45) is 28.1 Å². The van der Waals surface area contributed by atoms with Gasteiger partial charge in [-0.2, -0.15) is 0 Å². The van der Waals surface area contributed by atoms with E-state index in [4.69, 9.17) is 0 Å². The molecule has 1 aliphatic heterocycles. The van der Waals surface area contributed by atoms with E-state index in [1.54, 1.807) is 7.05 Å². The number of nitrogens with zero attached hydrogens (tertiary/aromatic N) is 2. The number of imide groups is 1. The molecule has 0 aromatic carbocycles. The zero-order chi connectivity index (χ0) is 13.7. The number of hydrogen-bond donors (Lipinski definition) is 0. The van der Waals surface area contributed by atoms with Gasteiger partial charge in [0, 0.05) is 19.5 Å². The molecule has 100 valence electrons. The number of hydrogen-bond acceptors (Lipinski definition) is 2. The lowest BCUT2D eigenvalue weighted by Gasteiger charge is -2.65. The predicted molar refractivity (Wildman–Crippen MR) is 68.0 cm³/mol. The first-order chi connectivity index (χ1) is 8.75. The highest BCUT2D eigenvalue weighted by atomic mass is 16.2. The van der Waals surface area contributed by atoms with Crippen LogP contribution in [0.1, 0.15) is 20.3 Å². The van der Waals surface area contributed by atoms with Crippen LogP contribution in [-0.4, -0.2) is 41.4 Å². The van der Waals surface area contributed by atoms with Gasteiger partial charge in [0.25, 0.3) is 0 Å². The molecule has 0 aromatic rings. The molecule has 5 rings (SSSR count). The Bertz CT molecular complexity index is 642. The van der Waals surface area contributed by atoms with Crippen LogP contribution < -0.4 is 0 Å². The Labute approximate surface area is 112 Å². The summed E-state index contributed by atoms with van der Waals surface area (Å²) in [5.41, 5.74) is 0.851. The molecule has 6 atom stereocenters. The molecule has 6 unspecified atom stereocenters. The van der Waals surface area contributed by atoms with Gasteiger partial charge in [-0.05, 0) is 23.7 Å². The summed E-state index contributed by atoms with van der Waals surface area (Å²) in [6.07, 6.45) is 0.822. The van der Waals surface area contributed by atoms with Crippen LogP contribution in [0.2, 0.25) is 0 Å². The van der Waals surface area contributed by atoms with Gasteiger partial charge >= 0.3 is 6.03 Å². The highest BCUT2D eigenvalue weighted by molar-refractivity contribution is 6.08. The van der Waals surface area contributed by atoms with E-state index in [1.165, 1.54) is 10.5 Å². The molecule has 4 heteroatoms. The van der Waals surface area contributed by atoms with Crippen molar-refractivity contribution in [3.05, 3.63) is 12.2 Å². The van der Waals surface area contributed by atoms with Crippen LogP contribution in [0.5, 0.6) is 0 Å². The first kappa shape index (κ1) is 10.5. The average molecular weight is 258 g/mol. The second kappa shape index (κ2) is 2.05.